The molecule has 1 aliphatic heterocycles. The Morgan fingerprint density at radius 3 is 2.52 bits per heavy atom. The number of fused-ring (bicyclic) bond motifs is 1. The summed E-state index contributed by atoms with van der Waals surface area (Å²) in [5.41, 5.74) is 2.33. The minimum Gasteiger partial charge on any atom is -0.494 e. The zero-order chi connectivity index (χ0) is 16.4. The molecule has 3 rings (SSSR count). The van der Waals surface area contributed by atoms with Gasteiger partial charge in [0.2, 0.25) is 10.0 Å². The molecule has 4 nitrogen and oxygen atoms in total. The zero-order valence-corrected chi connectivity index (χ0v) is 14.2. The van der Waals surface area contributed by atoms with Gasteiger partial charge in [-0.1, -0.05) is 31.2 Å². The summed E-state index contributed by atoms with van der Waals surface area (Å²) in [6, 6.07) is 14.7. The van der Waals surface area contributed by atoms with Gasteiger partial charge in [0, 0.05) is 13.1 Å². The van der Waals surface area contributed by atoms with Crippen molar-refractivity contribution in [1.29, 1.82) is 0 Å². The fraction of sp³-hybridized carbons (Fsp3) is 0.333. The molecule has 0 aliphatic carbocycles. The highest BCUT2D eigenvalue weighted by molar-refractivity contribution is 7.89. The van der Waals surface area contributed by atoms with E-state index in [-0.39, 0.29) is 5.92 Å². The lowest BCUT2D eigenvalue weighted by atomic mass is 9.92. The van der Waals surface area contributed by atoms with Gasteiger partial charge in [0.05, 0.1) is 11.5 Å². The molecule has 0 spiro atoms. The molecule has 2 aromatic rings. The first kappa shape index (κ1) is 16.0. The van der Waals surface area contributed by atoms with Crippen LogP contribution in [0.2, 0.25) is 0 Å². The van der Waals surface area contributed by atoms with Gasteiger partial charge in [-0.3, -0.25) is 0 Å². The van der Waals surface area contributed by atoms with Crippen LogP contribution in [0.15, 0.2) is 53.4 Å². The van der Waals surface area contributed by atoms with Gasteiger partial charge in [-0.15, -0.1) is 0 Å². The minimum absolute atomic E-state index is 0.192. The number of rotatable bonds is 4. The van der Waals surface area contributed by atoms with Gasteiger partial charge in [-0.25, -0.2) is 8.42 Å². The quantitative estimate of drug-likeness (QED) is 0.863. The number of benzene rings is 2. The smallest absolute Gasteiger partial charge is 0.243 e. The van der Waals surface area contributed by atoms with Crippen molar-refractivity contribution in [2.45, 2.75) is 31.2 Å². The highest BCUT2D eigenvalue weighted by Gasteiger charge is 2.31. The highest BCUT2D eigenvalue weighted by Crippen LogP contribution is 2.31. The molecule has 1 atom stereocenters. The lowest BCUT2D eigenvalue weighted by Gasteiger charge is -2.32. The molecule has 1 heterocycles. The van der Waals surface area contributed by atoms with Crippen molar-refractivity contribution in [2.24, 2.45) is 0 Å². The molecule has 122 valence electrons. The lowest BCUT2D eigenvalue weighted by molar-refractivity contribution is 0.339. The SMILES string of the molecule is CCOc1ccc(S(=O)(=O)N2Cc3ccccc3C(C)C2)cc1. The van der Waals surface area contributed by atoms with Crippen LogP contribution in [0, 0.1) is 0 Å². The van der Waals surface area contributed by atoms with Crippen LogP contribution in [-0.4, -0.2) is 25.9 Å². The maximum Gasteiger partial charge on any atom is 0.243 e. The lowest BCUT2D eigenvalue weighted by Crippen LogP contribution is -2.37. The van der Waals surface area contributed by atoms with Gasteiger partial charge < -0.3 is 4.74 Å². The van der Waals surface area contributed by atoms with Crippen LogP contribution in [0.4, 0.5) is 0 Å². The van der Waals surface area contributed by atoms with E-state index in [1.54, 1.807) is 28.6 Å². The van der Waals surface area contributed by atoms with Crippen molar-refractivity contribution >= 4 is 10.0 Å². The van der Waals surface area contributed by atoms with Crippen LogP contribution in [-0.2, 0) is 16.6 Å². The van der Waals surface area contributed by atoms with Gasteiger partial charge in [0.15, 0.2) is 0 Å². The Kier molecular flexibility index (Phi) is 4.41. The van der Waals surface area contributed by atoms with Crippen molar-refractivity contribution in [1.82, 2.24) is 4.31 Å². The molecule has 1 aliphatic rings. The molecule has 2 aromatic carbocycles. The van der Waals surface area contributed by atoms with Gasteiger partial charge in [0.1, 0.15) is 5.75 Å². The molecule has 1 unspecified atom stereocenters. The van der Waals surface area contributed by atoms with Crippen molar-refractivity contribution in [2.75, 3.05) is 13.2 Å². The second kappa shape index (κ2) is 6.34. The van der Waals surface area contributed by atoms with Crippen LogP contribution in [0.1, 0.15) is 30.9 Å². The van der Waals surface area contributed by atoms with Crippen molar-refractivity contribution in [3.8, 4) is 5.75 Å². The number of nitrogens with zero attached hydrogens (tertiary/aromatic N) is 1. The highest BCUT2D eigenvalue weighted by atomic mass is 32.2. The molecule has 0 amide bonds. The van der Waals surface area contributed by atoms with Gasteiger partial charge in [0.25, 0.3) is 0 Å². The third kappa shape index (κ3) is 3.12. The van der Waals surface area contributed by atoms with Crippen LogP contribution < -0.4 is 4.74 Å². The van der Waals surface area contributed by atoms with E-state index in [1.165, 1.54) is 5.56 Å². The molecule has 0 N–H and O–H groups in total. The second-order valence-corrected chi connectivity index (χ2v) is 7.74. The zero-order valence-electron chi connectivity index (χ0n) is 13.4. The summed E-state index contributed by atoms with van der Waals surface area (Å²) in [7, 11) is -3.49. The summed E-state index contributed by atoms with van der Waals surface area (Å²) in [6.07, 6.45) is 0. The summed E-state index contributed by atoms with van der Waals surface area (Å²) in [4.78, 5) is 0.313. The maximum atomic E-state index is 12.9. The summed E-state index contributed by atoms with van der Waals surface area (Å²) in [6.45, 7) is 5.46. The summed E-state index contributed by atoms with van der Waals surface area (Å²) >= 11 is 0. The van der Waals surface area contributed by atoms with Gasteiger partial charge in [-0.2, -0.15) is 4.31 Å². The van der Waals surface area contributed by atoms with E-state index >= 15 is 0 Å². The summed E-state index contributed by atoms with van der Waals surface area (Å²) in [5.74, 6) is 0.876. The topological polar surface area (TPSA) is 46.6 Å². The predicted molar refractivity (Wildman–Crippen MR) is 90.1 cm³/mol. The monoisotopic (exact) mass is 331 g/mol. The van der Waals surface area contributed by atoms with Crippen LogP contribution in [0.5, 0.6) is 5.75 Å². The number of sulfonamides is 1. The second-order valence-electron chi connectivity index (χ2n) is 5.80. The van der Waals surface area contributed by atoms with E-state index in [2.05, 4.69) is 13.0 Å². The maximum absolute atomic E-state index is 12.9. The van der Waals surface area contributed by atoms with Crippen LogP contribution in [0.3, 0.4) is 0 Å². The van der Waals surface area contributed by atoms with E-state index in [9.17, 15) is 8.42 Å². The average molecular weight is 331 g/mol. The number of ether oxygens (including phenoxy) is 1. The third-order valence-electron chi connectivity index (χ3n) is 4.18. The van der Waals surface area contributed by atoms with Crippen LogP contribution >= 0.6 is 0 Å². The average Bonchev–Trinajstić information content (AvgIpc) is 2.56. The molecule has 5 heteroatoms. The first-order valence-electron chi connectivity index (χ1n) is 7.83. The van der Waals surface area contributed by atoms with Crippen molar-refractivity contribution in [3.05, 3.63) is 59.7 Å². The standard InChI is InChI=1S/C18H21NO3S/c1-3-22-16-8-10-17(11-9-16)23(20,21)19-12-14(2)18-7-5-4-6-15(18)13-19/h4-11,14H,3,12-13H2,1-2H3. The normalized spacial score (nSPS) is 18.4. The Morgan fingerprint density at radius 2 is 1.83 bits per heavy atom. The first-order chi connectivity index (χ1) is 11.0. The van der Waals surface area contributed by atoms with E-state index in [0.717, 1.165) is 5.56 Å². The van der Waals surface area contributed by atoms with Gasteiger partial charge >= 0.3 is 0 Å². The van der Waals surface area contributed by atoms with E-state index in [1.807, 2.05) is 25.1 Å². The molecule has 0 bridgehead atoms. The minimum atomic E-state index is -3.49. The van der Waals surface area contributed by atoms with E-state index in [4.69, 9.17) is 4.74 Å². The molecular formula is C18H21NO3S. The van der Waals surface area contributed by atoms with E-state index < -0.39 is 10.0 Å². The molecule has 0 fully saturated rings. The Bertz CT molecular complexity index is 784. The Labute approximate surface area is 137 Å². The molecule has 0 saturated carbocycles. The third-order valence-corrected chi connectivity index (χ3v) is 6.01. The Morgan fingerprint density at radius 1 is 1.13 bits per heavy atom. The molecule has 23 heavy (non-hydrogen) atoms. The largest absolute Gasteiger partial charge is 0.494 e. The van der Waals surface area contributed by atoms with Crippen molar-refractivity contribution < 1.29 is 13.2 Å². The Hall–Kier alpha value is -1.85. The number of hydrogen-bond acceptors (Lipinski definition) is 3. The fourth-order valence-electron chi connectivity index (χ4n) is 3.02. The molecular weight excluding hydrogens is 310 g/mol. The first-order valence-corrected chi connectivity index (χ1v) is 9.27. The molecule has 0 aromatic heterocycles. The van der Waals surface area contributed by atoms with Gasteiger partial charge in [-0.05, 0) is 48.2 Å². The molecule has 0 saturated heterocycles. The summed E-state index contributed by atoms with van der Waals surface area (Å²) < 4.78 is 32.7. The van der Waals surface area contributed by atoms with Crippen molar-refractivity contribution in [3.63, 3.8) is 0 Å². The fourth-order valence-corrected chi connectivity index (χ4v) is 4.53. The van der Waals surface area contributed by atoms with E-state index in [0.29, 0.717) is 30.3 Å². The summed E-state index contributed by atoms with van der Waals surface area (Å²) in [5, 5.41) is 0. The number of hydrogen-bond donors (Lipinski definition) is 0. The molecule has 0 radical (unpaired) electrons. The Balaban J connectivity index is 1.89. The van der Waals surface area contributed by atoms with Crippen LogP contribution in [0.25, 0.3) is 0 Å². The predicted octanol–water partition coefficient (Wildman–Crippen LogP) is 3.39.